The van der Waals surface area contributed by atoms with Crippen molar-refractivity contribution in [2.45, 2.75) is 44.1 Å². The van der Waals surface area contributed by atoms with Gasteiger partial charge in [0.25, 0.3) is 0 Å². The molecule has 0 unspecified atom stereocenters. The van der Waals surface area contributed by atoms with Crippen LogP contribution in [0, 0.1) is 5.82 Å². The maximum atomic E-state index is 14.0. The standard InChI is InChI=1S/C26H32FN5O2S/c1-30(16-21-11-12-23(34-2)22(27)15-21)25(33)19-35-26-29-28-24(18-31-13-7-4-8-14-31)32(26)17-20-9-5-3-6-10-20/h3,5-6,9-12,15H,4,7-8,13-14,16-19H2,1-2H3. The molecule has 4 rings (SSSR count). The van der Waals surface area contributed by atoms with Crippen LogP contribution in [-0.4, -0.2) is 63.5 Å². The summed E-state index contributed by atoms with van der Waals surface area (Å²) in [5.41, 5.74) is 1.87. The lowest BCUT2D eigenvalue weighted by atomic mass is 10.1. The Kier molecular flexibility index (Phi) is 8.76. The zero-order valence-electron chi connectivity index (χ0n) is 20.3. The summed E-state index contributed by atoms with van der Waals surface area (Å²) in [5.74, 6) is 0.851. The normalized spacial score (nSPS) is 14.1. The molecule has 0 saturated carbocycles. The molecule has 1 aliphatic heterocycles. The average molecular weight is 498 g/mol. The number of piperidine rings is 1. The number of amides is 1. The zero-order valence-corrected chi connectivity index (χ0v) is 21.1. The minimum absolute atomic E-state index is 0.0573. The molecule has 1 aromatic heterocycles. The number of nitrogens with zero attached hydrogens (tertiary/aromatic N) is 5. The fourth-order valence-electron chi connectivity index (χ4n) is 4.19. The van der Waals surface area contributed by atoms with Crippen LogP contribution in [0.25, 0.3) is 0 Å². The molecule has 2 aromatic carbocycles. The van der Waals surface area contributed by atoms with Crippen LogP contribution < -0.4 is 4.74 Å². The highest BCUT2D eigenvalue weighted by Crippen LogP contribution is 2.22. The molecular weight excluding hydrogens is 465 g/mol. The minimum Gasteiger partial charge on any atom is -0.494 e. The quantitative estimate of drug-likeness (QED) is 0.391. The molecule has 0 radical (unpaired) electrons. The van der Waals surface area contributed by atoms with E-state index in [0.29, 0.717) is 18.7 Å². The van der Waals surface area contributed by atoms with E-state index < -0.39 is 5.82 Å². The number of carbonyl (C=O) groups excluding carboxylic acids is 1. The van der Waals surface area contributed by atoms with Gasteiger partial charge in [0, 0.05) is 13.6 Å². The van der Waals surface area contributed by atoms with E-state index in [1.165, 1.54) is 49.8 Å². The average Bonchev–Trinajstić information content (AvgIpc) is 3.24. The molecule has 186 valence electrons. The molecule has 3 aromatic rings. The van der Waals surface area contributed by atoms with E-state index in [4.69, 9.17) is 4.74 Å². The largest absolute Gasteiger partial charge is 0.494 e. The summed E-state index contributed by atoms with van der Waals surface area (Å²) in [4.78, 5) is 16.9. The molecule has 9 heteroatoms. The Bertz CT molecular complexity index is 1120. The first-order valence-electron chi connectivity index (χ1n) is 11.9. The Morgan fingerprint density at radius 3 is 2.54 bits per heavy atom. The number of hydrogen-bond acceptors (Lipinski definition) is 6. The van der Waals surface area contributed by atoms with Crippen LogP contribution in [0.2, 0.25) is 0 Å². The number of benzene rings is 2. The van der Waals surface area contributed by atoms with E-state index in [1.54, 1.807) is 24.1 Å². The van der Waals surface area contributed by atoms with Crippen molar-refractivity contribution in [3.63, 3.8) is 0 Å². The molecule has 2 heterocycles. The van der Waals surface area contributed by atoms with Gasteiger partial charge in [-0.05, 0) is 49.2 Å². The molecular formula is C26H32FN5O2S. The maximum Gasteiger partial charge on any atom is 0.233 e. The van der Waals surface area contributed by atoms with Gasteiger partial charge < -0.3 is 14.2 Å². The first-order valence-corrected chi connectivity index (χ1v) is 12.9. The third kappa shape index (κ3) is 6.82. The molecule has 0 atom stereocenters. The third-order valence-corrected chi connectivity index (χ3v) is 7.13. The van der Waals surface area contributed by atoms with Crippen molar-refractivity contribution in [3.05, 3.63) is 71.3 Å². The second kappa shape index (κ2) is 12.2. The first kappa shape index (κ1) is 25.2. The Hall–Kier alpha value is -2.91. The summed E-state index contributed by atoms with van der Waals surface area (Å²) in [7, 11) is 3.15. The number of hydrogen-bond donors (Lipinski definition) is 0. The van der Waals surface area contributed by atoms with Gasteiger partial charge in [0.2, 0.25) is 5.91 Å². The highest BCUT2D eigenvalue weighted by atomic mass is 32.2. The number of likely N-dealkylation sites (tertiary alicyclic amines) is 1. The summed E-state index contributed by atoms with van der Waals surface area (Å²) in [6.07, 6.45) is 3.72. The molecule has 7 nitrogen and oxygen atoms in total. The molecule has 1 saturated heterocycles. The van der Waals surface area contributed by atoms with E-state index in [-0.39, 0.29) is 17.4 Å². The molecule has 0 spiro atoms. The second-order valence-corrected chi connectivity index (χ2v) is 9.76. The van der Waals surface area contributed by atoms with Gasteiger partial charge in [0.1, 0.15) is 5.82 Å². The zero-order chi connectivity index (χ0) is 24.6. The molecule has 0 bridgehead atoms. The van der Waals surface area contributed by atoms with Gasteiger partial charge in [-0.1, -0.05) is 54.6 Å². The van der Waals surface area contributed by atoms with Gasteiger partial charge >= 0.3 is 0 Å². The van der Waals surface area contributed by atoms with Crippen LogP contribution in [0.4, 0.5) is 4.39 Å². The Morgan fingerprint density at radius 2 is 1.83 bits per heavy atom. The summed E-state index contributed by atoms with van der Waals surface area (Å²) >= 11 is 1.39. The number of ether oxygens (including phenoxy) is 1. The van der Waals surface area contributed by atoms with Gasteiger partial charge in [0.05, 0.1) is 26.0 Å². The number of carbonyl (C=O) groups is 1. The SMILES string of the molecule is COc1ccc(CN(C)C(=O)CSc2nnc(CN3CCCCC3)n2Cc2ccccc2)cc1F. The Morgan fingerprint density at radius 1 is 1.06 bits per heavy atom. The van der Waals surface area contributed by atoms with Gasteiger partial charge in [0.15, 0.2) is 16.7 Å². The summed E-state index contributed by atoms with van der Waals surface area (Å²) in [6, 6.07) is 15.0. The van der Waals surface area contributed by atoms with Crippen molar-refractivity contribution >= 4 is 17.7 Å². The van der Waals surface area contributed by atoms with E-state index in [9.17, 15) is 9.18 Å². The Balaban J connectivity index is 1.42. The first-order chi connectivity index (χ1) is 17.0. The van der Waals surface area contributed by atoms with E-state index in [1.807, 2.05) is 18.2 Å². The summed E-state index contributed by atoms with van der Waals surface area (Å²) in [6.45, 7) is 3.90. The maximum absolute atomic E-state index is 14.0. The number of halogens is 1. The number of methoxy groups -OCH3 is 1. The van der Waals surface area contributed by atoms with Gasteiger partial charge in [-0.2, -0.15) is 0 Å². The molecule has 35 heavy (non-hydrogen) atoms. The topological polar surface area (TPSA) is 63.5 Å². The summed E-state index contributed by atoms with van der Waals surface area (Å²) < 4.78 is 21.1. The lowest BCUT2D eigenvalue weighted by Gasteiger charge is -2.26. The molecule has 1 fully saturated rings. The predicted molar refractivity (Wildman–Crippen MR) is 135 cm³/mol. The monoisotopic (exact) mass is 497 g/mol. The van der Waals surface area contributed by atoms with Crippen LogP contribution in [0.3, 0.4) is 0 Å². The summed E-state index contributed by atoms with van der Waals surface area (Å²) in [5, 5.41) is 9.67. The minimum atomic E-state index is -0.435. The van der Waals surface area contributed by atoms with E-state index in [0.717, 1.165) is 30.6 Å². The van der Waals surface area contributed by atoms with Crippen molar-refractivity contribution in [2.24, 2.45) is 0 Å². The van der Waals surface area contributed by atoms with Crippen LogP contribution in [0.5, 0.6) is 5.75 Å². The molecule has 0 aliphatic carbocycles. The third-order valence-electron chi connectivity index (χ3n) is 6.18. The Labute approximate surface area is 210 Å². The van der Waals surface area contributed by atoms with Crippen LogP contribution in [0.15, 0.2) is 53.7 Å². The van der Waals surface area contributed by atoms with Crippen molar-refractivity contribution in [3.8, 4) is 5.75 Å². The van der Waals surface area contributed by atoms with Crippen molar-refractivity contribution < 1.29 is 13.9 Å². The second-order valence-electron chi connectivity index (χ2n) is 8.81. The van der Waals surface area contributed by atoms with Crippen molar-refractivity contribution in [1.29, 1.82) is 0 Å². The fourth-order valence-corrected chi connectivity index (χ4v) is 5.09. The predicted octanol–water partition coefficient (Wildman–Crippen LogP) is 4.21. The fraction of sp³-hybridized carbons (Fsp3) is 0.423. The van der Waals surface area contributed by atoms with Crippen LogP contribution in [-0.2, 0) is 24.4 Å². The lowest BCUT2D eigenvalue weighted by molar-refractivity contribution is -0.127. The number of rotatable bonds is 10. The van der Waals surface area contributed by atoms with Crippen molar-refractivity contribution in [2.75, 3.05) is 33.0 Å². The highest BCUT2D eigenvalue weighted by Gasteiger charge is 2.19. The lowest BCUT2D eigenvalue weighted by Crippen LogP contribution is -2.30. The molecule has 1 amide bonds. The van der Waals surface area contributed by atoms with Gasteiger partial charge in [-0.15, -0.1) is 10.2 Å². The van der Waals surface area contributed by atoms with Gasteiger partial charge in [-0.3, -0.25) is 9.69 Å². The highest BCUT2D eigenvalue weighted by molar-refractivity contribution is 7.99. The molecule has 0 N–H and O–H groups in total. The van der Waals surface area contributed by atoms with Crippen LogP contribution in [0.1, 0.15) is 36.2 Å². The van der Waals surface area contributed by atoms with E-state index >= 15 is 0 Å². The smallest absolute Gasteiger partial charge is 0.233 e. The molecule has 1 aliphatic rings. The number of aromatic nitrogens is 3. The van der Waals surface area contributed by atoms with E-state index in [2.05, 4.69) is 31.8 Å². The van der Waals surface area contributed by atoms with Gasteiger partial charge in [-0.25, -0.2) is 4.39 Å². The van der Waals surface area contributed by atoms with Crippen LogP contribution >= 0.6 is 11.8 Å². The number of thioether (sulfide) groups is 1. The van der Waals surface area contributed by atoms with Crippen molar-refractivity contribution in [1.82, 2.24) is 24.6 Å².